The van der Waals surface area contributed by atoms with Gasteiger partial charge in [0.15, 0.2) is 0 Å². The fraction of sp³-hybridized carbons (Fsp3) is 0.350. The van der Waals surface area contributed by atoms with Crippen LogP contribution in [0.25, 0.3) is 11.1 Å². The van der Waals surface area contributed by atoms with Crippen molar-refractivity contribution in [1.82, 2.24) is 4.90 Å². The molecule has 3 rings (SSSR count). The van der Waals surface area contributed by atoms with Crippen molar-refractivity contribution in [3.63, 3.8) is 0 Å². The molecule has 0 spiro atoms. The van der Waals surface area contributed by atoms with Gasteiger partial charge in [0.05, 0.1) is 13.2 Å². The number of rotatable bonds is 6. The van der Waals surface area contributed by atoms with Gasteiger partial charge in [0.25, 0.3) is 0 Å². The van der Waals surface area contributed by atoms with Crippen LogP contribution in [0.15, 0.2) is 54.6 Å². The molecular weight excluding hydrogens is 302 g/mol. The van der Waals surface area contributed by atoms with E-state index in [2.05, 4.69) is 17.0 Å². The zero-order chi connectivity index (χ0) is 16.6. The molecule has 0 unspecified atom stereocenters. The molecule has 0 atom stereocenters. The van der Waals surface area contributed by atoms with Gasteiger partial charge in [-0.2, -0.15) is 0 Å². The summed E-state index contributed by atoms with van der Waals surface area (Å²) in [6, 6.07) is 17.8. The highest BCUT2D eigenvalue weighted by Gasteiger charge is 2.11. The SMILES string of the molecule is O=C(CCCN1CCOCC1)Oc1ccc(-c2ccccc2)cc1. The Kier molecular flexibility index (Phi) is 5.99. The van der Waals surface area contributed by atoms with Gasteiger partial charge >= 0.3 is 5.97 Å². The third-order valence-electron chi connectivity index (χ3n) is 4.15. The maximum atomic E-state index is 11.9. The summed E-state index contributed by atoms with van der Waals surface area (Å²) in [5.74, 6) is 0.432. The number of nitrogens with zero attached hydrogens (tertiary/aromatic N) is 1. The monoisotopic (exact) mass is 325 g/mol. The molecule has 0 aromatic heterocycles. The lowest BCUT2D eigenvalue weighted by atomic mass is 10.1. The Morgan fingerprint density at radius 1 is 0.958 bits per heavy atom. The van der Waals surface area contributed by atoms with Crippen LogP contribution in [0.1, 0.15) is 12.8 Å². The van der Waals surface area contributed by atoms with Crippen molar-refractivity contribution >= 4 is 5.97 Å². The molecule has 24 heavy (non-hydrogen) atoms. The van der Waals surface area contributed by atoms with Gasteiger partial charge in [0.1, 0.15) is 5.75 Å². The molecular formula is C20H23NO3. The average molecular weight is 325 g/mol. The normalized spacial score (nSPS) is 15.2. The van der Waals surface area contributed by atoms with Crippen molar-refractivity contribution < 1.29 is 14.3 Å². The smallest absolute Gasteiger partial charge is 0.311 e. The highest BCUT2D eigenvalue weighted by molar-refractivity contribution is 5.73. The van der Waals surface area contributed by atoms with E-state index in [0.717, 1.165) is 50.4 Å². The van der Waals surface area contributed by atoms with Crippen molar-refractivity contribution in [1.29, 1.82) is 0 Å². The number of carbonyl (C=O) groups excluding carboxylic acids is 1. The number of carbonyl (C=O) groups is 1. The molecule has 0 bridgehead atoms. The van der Waals surface area contributed by atoms with Crippen molar-refractivity contribution in [3.05, 3.63) is 54.6 Å². The van der Waals surface area contributed by atoms with Gasteiger partial charge in [-0.05, 0) is 36.2 Å². The van der Waals surface area contributed by atoms with Crippen molar-refractivity contribution in [2.24, 2.45) is 0 Å². The summed E-state index contributed by atoms with van der Waals surface area (Å²) in [4.78, 5) is 14.3. The van der Waals surface area contributed by atoms with Crippen molar-refractivity contribution in [2.45, 2.75) is 12.8 Å². The zero-order valence-electron chi connectivity index (χ0n) is 13.8. The van der Waals surface area contributed by atoms with E-state index in [9.17, 15) is 4.79 Å². The lowest BCUT2D eigenvalue weighted by Gasteiger charge is -2.26. The number of morpholine rings is 1. The van der Waals surface area contributed by atoms with E-state index in [0.29, 0.717) is 12.2 Å². The molecule has 0 saturated carbocycles. The van der Waals surface area contributed by atoms with Crippen molar-refractivity contribution in [3.8, 4) is 16.9 Å². The topological polar surface area (TPSA) is 38.8 Å². The summed E-state index contributed by atoms with van der Waals surface area (Å²) in [6.07, 6.45) is 1.26. The van der Waals surface area contributed by atoms with Gasteiger partial charge in [-0.3, -0.25) is 9.69 Å². The zero-order valence-corrected chi connectivity index (χ0v) is 13.8. The minimum atomic E-state index is -0.171. The second-order valence-electron chi connectivity index (χ2n) is 5.92. The maximum Gasteiger partial charge on any atom is 0.311 e. The van der Waals surface area contributed by atoms with Crippen LogP contribution in [-0.4, -0.2) is 43.7 Å². The van der Waals surface area contributed by atoms with E-state index in [-0.39, 0.29) is 5.97 Å². The fourth-order valence-electron chi connectivity index (χ4n) is 2.80. The third-order valence-corrected chi connectivity index (χ3v) is 4.15. The molecule has 0 amide bonds. The molecule has 0 radical (unpaired) electrons. The minimum Gasteiger partial charge on any atom is -0.427 e. The Morgan fingerprint density at radius 2 is 1.62 bits per heavy atom. The molecule has 0 N–H and O–H groups in total. The Balaban J connectivity index is 1.44. The lowest BCUT2D eigenvalue weighted by Crippen LogP contribution is -2.37. The second-order valence-corrected chi connectivity index (χ2v) is 5.92. The first-order chi connectivity index (χ1) is 11.8. The maximum absolute atomic E-state index is 11.9. The van der Waals surface area contributed by atoms with Crippen LogP contribution in [0.3, 0.4) is 0 Å². The summed E-state index contributed by atoms with van der Waals surface area (Å²) < 4.78 is 10.7. The van der Waals surface area contributed by atoms with Crippen LogP contribution in [0.5, 0.6) is 5.75 Å². The quantitative estimate of drug-likeness (QED) is 0.603. The van der Waals surface area contributed by atoms with Crippen LogP contribution in [-0.2, 0) is 9.53 Å². The molecule has 126 valence electrons. The fourth-order valence-corrected chi connectivity index (χ4v) is 2.80. The first kappa shape index (κ1) is 16.7. The van der Waals surface area contributed by atoms with Gasteiger partial charge in [0, 0.05) is 19.5 Å². The minimum absolute atomic E-state index is 0.171. The highest BCUT2D eigenvalue weighted by atomic mass is 16.5. The molecule has 0 aliphatic carbocycles. The van der Waals surface area contributed by atoms with Crippen LogP contribution < -0.4 is 4.74 Å². The van der Waals surface area contributed by atoms with E-state index >= 15 is 0 Å². The van der Waals surface area contributed by atoms with Crippen molar-refractivity contribution in [2.75, 3.05) is 32.8 Å². The number of esters is 1. The van der Waals surface area contributed by atoms with E-state index in [1.807, 2.05) is 42.5 Å². The van der Waals surface area contributed by atoms with E-state index in [4.69, 9.17) is 9.47 Å². The Hall–Kier alpha value is -2.17. The molecule has 2 aromatic rings. The number of benzene rings is 2. The average Bonchev–Trinajstić information content (AvgIpc) is 2.64. The third kappa shape index (κ3) is 4.91. The van der Waals surface area contributed by atoms with Gasteiger partial charge in [-0.1, -0.05) is 42.5 Å². The Morgan fingerprint density at radius 3 is 2.33 bits per heavy atom. The standard InChI is InChI=1S/C20H23NO3/c22-20(7-4-12-21-13-15-23-16-14-21)24-19-10-8-18(9-11-19)17-5-2-1-3-6-17/h1-3,5-6,8-11H,4,7,12-16H2. The molecule has 4 nitrogen and oxygen atoms in total. The number of hydrogen-bond acceptors (Lipinski definition) is 4. The molecule has 1 saturated heterocycles. The number of ether oxygens (including phenoxy) is 2. The second kappa shape index (κ2) is 8.62. The molecule has 1 heterocycles. The highest BCUT2D eigenvalue weighted by Crippen LogP contribution is 2.22. The first-order valence-corrected chi connectivity index (χ1v) is 8.47. The Labute approximate surface area is 143 Å². The van der Waals surface area contributed by atoms with Gasteiger partial charge in [-0.15, -0.1) is 0 Å². The number of hydrogen-bond donors (Lipinski definition) is 0. The summed E-state index contributed by atoms with van der Waals surface area (Å²) in [6.45, 7) is 4.41. The summed E-state index contributed by atoms with van der Waals surface area (Å²) in [5.41, 5.74) is 2.27. The molecule has 1 fully saturated rings. The molecule has 2 aromatic carbocycles. The predicted octanol–water partition coefficient (Wildman–Crippen LogP) is 3.37. The Bertz CT molecular complexity index is 634. The van der Waals surface area contributed by atoms with Gasteiger partial charge in [0.2, 0.25) is 0 Å². The first-order valence-electron chi connectivity index (χ1n) is 8.47. The summed E-state index contributed by atoms with van der Waals surface area (Å²) in [7, 11) is 0. The van der Waals surface area contributed by atoms with Crippen LogP contribution in [0.2, 0.25) is 0 Å². The molecule has 4 heteroatoms. The summed E-state index contributed by atoms with van der Waals surface area (Å²) >= 11 is 0. The van der Waals surface area contributed by atoms with E-state index in [1.54, 1.807) is 0 Å². The van der Waals surface area contributed by atoms with E-state index in [1.165, 1.54) is 0 Å². The van der Waals surface area contributed by atoms with Crippen LogP contribution in [0, 0.1) is 0 Å². The lowest BCUT2D eigenvalue weighted by molar-refractivity contribution is -0.134. The van der Waals surface area contributed by atoms with E-state index < -0.39 is 0 Å². The molecule has 1 aliphatic rings. The van der Waals surface area contributed by atoms with Gasteiger partial charge < -0.3 is 9.47 Å². The predicted molar refractivity (Wildman–Crippen MR) is 94.0 cm³/mol. The van der Waals surface area contributed by atoms with Gasteiger partial charge in [-0.25, -0.2) is 0 Å². The van der Waals surface area contributed by atoms with Crippen LogP contribution >= 0.6 is 0 Å². The van der Waals surface area contributed by atoms with Crippen LogP contribution in [0.4, 0.5) is 0 Å². The molecule has 1 aliphatic heterocycles. The summed E-state index contributed by atoms with van der Waals surface area (Å²) in [5, 5.41) is 0. The largest absolute Gasteiger partial charge is 0.427 e.